The Morgan fingerprint density at radius 1 is 1.50 bits per heavy atom. The minimum absolute atomic E-state index is 0.110. The Balaban J connectivity index is 1.81. The van der Waals surface area contributed by atoms with E-state index < -0.39 is 4.92 Å². The average molecular weight is 279 g/mol. The summed E-state index contributed by atoms with van der Waals surface area (Å²) in [5.41, 5.74) is 5.29. The number of hydrogen-bond donors (Lipinski definition) is 3. The van der Waals surface area contributed by atoms with Gasteiger partial charge in [0.15, 0.2) is 0 Å². The van der Waals surface area contributed by atoms with Crippen LogP contribution in [0.2, 0.25) is 0 Å². The summed E-state index contributed by atoms with van der Waals surface area (Å²) in [5, 5.41) is 23.4. The number of aromatic nitrogens is 2. The molecule has 0 aliphatic heterocycles. The van der Waals surface area contributed by atoms with Crippen LogP contribution in [0, 0.1) is 27.9 Å². The van der Waals surface area contributed by atoms with Gasteiger partial charge in [-0.05, 0) is 37.0 Å². The zero-order valence-corrected chi connectivity index (χ0v) is 10.9. The lowest BCUT2D eigenvalue weighted by molar-refractivity contribution is -0.383. The van der Waals surface area contributed by atoms with Gasteiger partial charge in [-0.1, -0.05) is 0 Å². The summed E-state index contributed by atoms with van der Waals surface area (Å²) in [6.07, 6.45) is 4.11. The quantitative estimate of drug-likeness (QED) is 0.537. The monoisotopic (exact) mass is 279 g/mol. The second-order valence-electron chi connectivity index (χ2n) is 5.54. The van der Waals surface area contributed by atoms with E-state index in [0.29, 0.717) is 24.2 Å². The summed E-state index contributed by atoms with van der Waals surface area (Å²) in [7, 11) is 0. The number of nitrogen functional groups attached to an aromatic ring is 1. The molecule has 0 unspecified atom stereocenters. The molecule has 2 saturated carbocycles. The highest BCUT2D eigenvalue weighted by atomic mass is 16.6. The Morgan fingerprint density at radius 2 is 2.30 bits per heavy atom. The first kappa shape index (κ1) is 13.0. The maximum atomic E-state index is 11.1. The Bertz CT molecular complexity index is 538. The summed E-state index contributed by atoms with van der Waals surface area (Å²) in [4.78, 5) is 18.1. The van der Waals surface area contributed by atoms with Crippen LogP contribution in [0.1, 0.15) is 19.3 Å². The number of nitrogens with one attached hydrogen (secondary N) is 1. The third-order valence-corrected chi connectivity index (χ3v) is 4.42. The molecule has 1 aromatic heterocycles. The van der Waals surface area contributed by atoms with Crippen molar-refractivity contribution in [1.29, 1.82) is 0 Å². The van der Waals surface area contributed by atoms with Crippen LogP contribution < -0.4 is 11.1 Å². The SMILES string of the molecule is Nc1ncnc(N[C@H]2C[C@@H]3C[C@@H]3[C@@H]2CCO)c1[N+](=O)[O-]. The van der Waals surface area contributed by atoms with Crippen molar-refractivity contribution in [1.82, 2.24) is 9.97 Å². The highest BCUT2D eigenvalue weighted by Gasteiger charge is 2.53. The lowest BCUT2D eigenvalue weighted by Gasteiger charge is -2.23. The van der Waals surface area contributed by atoms with E-state index in [1.807, 2.05) is 0 Å². The van der Waals surface area contributed by atoms with Crippen LogP contribution in [-0.2, 0) is 0 Å². The molecule has 0 bridgehead atoms. The number of nitro groups is 1. The van der Waals surface area contributed by atoms with Crippen LogP contribution >= 0.6 is 0 Å². The normalized spacial score (nSPS) is 30.9. The molecule has 0 saturated heterocycles. The van der Waals surface area contributed by atoms with Gasteiger partial charge < -0.3 is 16.2 Å². The fourth-order valence-electron chi connectivity index (χ4n) is 3.45. The molecule has 0 spiro atoms. The van der Waals surface area contributed by atoms with Crippen molar-refractivity contribution in [2.24, 2.45) is 17.8 Å². The van der Waals surface area contributed by atoms with Crippen LogP contribution in [0.5, 0.6) is 0 Å². The number of rotatable bonds is 5. The van der Waals surface area contributed by atoms with E-state index in [-0.39, 0.29) is 30.0 Å². The van der Waals surface area contributed by atoms with E-state index in [1.54, 1.807) is 0 Å². The molecule has 1 aromatic rings. The van der Waals surface area contributed by atoms with Crippen molar-refractivity contribution < 1.29 is 10.0 Å². The van der Waals surface area contributed by atoms with Gasteiger partial charge in [-0.3, -0.25) is 10.1 Å². The molecule has 4 N–H and O–H groups in total. The topological polar surface area (TPSA) is 127 Å². The van der Waals surface area contributed by atoms with E-state index in [0.717, 1.165) is 6.42 Å². The minimum Gasteiger partial charge on any atom is -0.396 e. The largest absolute Gasteiger partial charge is 0.396 e. The van der Waals surface area contributed by atoms with Crippen LogP contribution in [0.4, 0.5) is 17.3 Å². The highest BCUT2D eigenvalue weighted by molar-refractivity contribution is 5.67. The van der Waals surface area contributed by atoms with Gasteiger partial charge in [0.2, 0.25) is 11.6 Å². The van der Waals surface area contributed by atoms with Crippen LogP contribution in [0.3, 0.4) is 0 Å². The zero-order chi connectivity index (χ0) is 14.3. The molecule has 8 nitrogen and oxygen atoms in total. The molecule has 20 heavy (non-hydrogen) atoms. The molecular formula is C12H17N5O3. The lowest BCUT2D eigenvalue weighted by Crippen LogP contribution is -2.28. The van der Waals surface area contributed by atoms with Crippen molar-refractivity contribution in [2.75, 3.05) is 17.7 Å². The van der Waals surface area contributed by atoms with Crippen molar-refractivity contribution in [3.63, 3.8) is 0 Å². The summed E-state index contributed by atoms with van der Waals surface area (Å²) in [5.74, 6) is 1.71. The third-order valence-electron chi connectivity index (χ3n) is 4.42. The fourth-order valence-corrected chi connectivity index (χ4v) is 3.45. The van der Waals surface area contributed by atoms with E-state index in [2.05, 4.69) is 15.3 Å². The minimum atomic E-state index is -0.561. The Hall–Kier alpha value is -1.96. The standard InChI is InChI=1S/C12H17N5O3/c13-11-10(17(19)20)12(15-5-14-11)16-9-4-6-3-8(6)7(9)1-2-18/h5-9,18H,1-4H2,(H3,13,14,15,16)/t6-,7-,8-,9-/m0/s1. The van der Waals surface area contributed by atoms with Gasteiger partial charge in [0.25, 0.3) is 0 Å². The molecule has 0 radical (unpaired) electrons. The van der Waals surface area contributed by atoms with Crippen LogP contribution in [-0.4, -0.2) is 32.6 Å². The number of nitrogens with two attached hydrogens (primary N) is 1. The van der Waals surface area contributed by atoms with E-state index in [4.69, 9.17) is 10.8 Å². The molecule has 0 amide bonds. The molecule has 4 atom stereocenters. The second kappa shape index (κ2) is 4.86. The third kappa shape index (κ3) is 2.15. The van der Waals surface area contributed by atoms with Gasteiger partial charge in [-0.25, -0.2) is 9.97 Å². The van der Waals surface area contributed by atoms with E-state index >= 15 is 0 Å². The van der Waals surface area contributed by atoms with E-state index in [1.165, 1.54) is 12.7 Å². The fraction of sp³-hybridized carbons (Fsp3) is 0.667. The second-order valence-corrected chi connectivity index (χ2v) is 5.54. The molecular weight excluding hydrogens is 262 g/mol. The van der Waals surface area contributed by atoms with Gasteiger partial charge >= 0.3 is 5.69 Å². The highest BCUT2D eigenvalue weighted by Crippen LogP contribution is 2.57. The molecule has 0 aromatic carbocycles. The molecule has 108 valence electrons. The predicted octanol–water partition coefficient (Wildman–Crippen LogP) is 0.786. The number of hydrogen-bond acceptors (Lipinski definition) is 7. The van der Waals surface area contributed by atoms with Gasteiger partial charge in [-0.15, -0.1) is 0 Å². The van der Waals surface area contributed by atoms with E-state index in [9.17, 15) is 10.1 Å². The number of aliphatic hydroxyl groups excluding tert-OH is 1. The average Bonchev–Trinajstić information content (AvgIpc) is 3.07. The summed E-state index contributed by atoms with van der Waals surface area (Å²) >= 11 is 0. The first-order chi connectivity index (χ1) is 9.61. The van der Waals surface area contributed by atoms with Crippen LogP contribution in [0.25, 0.3) is 0 Å². The first-order valence-electron chi connectivity index (χ1n) is 6.74. The molecule has 2 fully saturated rings. The van der Waals surface area contributed by atoms with Crippen molar-refractivity contribution >= 4 is 17.3 Å². The Kier molecular flexibility index (Phi) is 3.17. The molecule has 8 heteroatoms. The number of nitrogens with zero attached hydrogens (tertiary/aromatic N) is 3. The van der Waals surface area contributed by atoms with Crippen LogP contribution in [0.15, 0.2) is 6.33 Å². The Morgan fingerprint density at radius 3 is 3.00 bits per heavy atom. The lowest BCUT2D eigenvalue weighted by atomic mass is 9.95. The first-order valence-corrected chi connectivity index (χ1v) is 6.74. The summed E-state index contributed by atoms with van der Waals surface area (Å²) < 4.78 is 0. The van der Waals surface area contributed by atoms with Crippen molar-refractivity contribution in [3.05, 3.63) is 16.4 Å². The number of anilines is 2. The number of aliphatic hydroxyl groups is 1. The maximum Gasteiger partial charge on any atom is 0.352 e. The predicted molar refractivity (Wildman–Crippen MR) is 71.9 cm³/mol. The zero-order valence-electron chi connectivity index (χ0n) is 10.9. The summed E-state index contributed by atoms with van der Waals surface area (Å²) in [6.45, 7) is 0.139. The van der Waals surface area contributed by atoms with Gasteiger partial charge in [-0.2, -0.15) is 0 Å². The Labute approximate surface area is 115 Å². The molecule has 3 rings (SSSR count). The smallest absolute Gasteiger partial charge is 0.352 e. The van der Waals surface area contributed by atoms with Crippen molar-refractivity contribution in [2.45, 2.75) is 25.3 Å². The summed E-state index contributed by atoms with van der Waals surface area (Å²) in [6, 6.07) is 0.110. The molecule has 2 aliphatic carbocycles. The van der Waals surface area contributed by atoms with Gasteiger partial charge in [0, 0.05) is 12.6 Å². The van der Waals surface area contributed by atoms with Gasteiger partial charge in [0.1, 0.15) is 6.33 Å². The maximum absolute atomic E-state index is 11.1. The molecule has 1 heterocycles. The van der Waals surface area contributed by atoms with Crippen molar-refractivity contribution in [3.8, 4) is 0 Å². The molecule has 2 aliphatic rings. The number of fused-ring (bicyclic) bond motifs is 1. The van der Waals surface area contributed by atoms with Gasteiger partial charge in [0.05, 0.1) is 4.92 Å².